The van der Waals surface area contributed by atoms with Gasteiger partial charge in [0.2, 0.25) is 0 Å². The van der Waals surface area contributed by atoms with Crippen LogP contribution in [-0.4, -0.2) is 4.98 Å². The molecule has 0 bridgehead atoms. The van der Waals surface area contributed by atoms with Gasteiger partial charge in [0, 0.05) is 35.3 Å². The predicted molar refractivity (Wildman–Crippen MR) is 135 cm³/mol. The minimum atomic E-state index is 1.04. The van der Waals surface area contributed by atoms with E-state index >= 15 is 0 Å². The second kappa shape index (κ2) is 7.60. The second-order valence-corrected chi connectivity index (χ2v) is 10.9. The average molecular weight is 458 g/mol. The highest BCUT2D eigenvalue weighted by atomic mass is 32.1. The van der Waals surface area contributed by atoms with Crippen molar-refractivity contribution in [1.29, 1.82) is 0 Å². The molecule has 0 unspecified atom stereocenters. The van der Waals surface area contributed by atoms with E-state index in [0.717, 1.165) is 11.2 Å². The van der Waals surface area contributed by atoms with Crippen molar-refractivity contribution in [2.45, 2.75) is 0 Å². The van der Waals surface area contributed by atoms with Gasteiger partial charge in [-0.15, -0.1) is 45.3 Å². The van der Waals surface area contributed by atoms with Gasteiger partial charge in [0.15, 0.2) is 0 Å². The van der Waals surface area contributed by atoms with Gasteiger partial charge in [0.25, 0.3) is 0 Å². The van der Waals surface area contributed by atoms with Crippen LogP contribution in [0.15, 0.2) is 89.6 Å². The van der Waals surface area contributed by atoms with Gasteiger partial charge in [-0.05, 0) is 59.3 Å². The van der Waals surface area contributed by atoms with Gasteiger partial charge in [-0.25, -0.2) is 4.98 Å². The third kappa shape index (κ3) is 3.24. The summed E-state index contributed by atoms with van der Waals surface area (Å²) in [6.07, 6.45) is 0. The second-order valence-electron chi connectivity index (χ2n) is 6.85. The highest BCUT2D eigenvalue weighted by molar-refractivity contribution is 7.24. The van der Waals surface area contributed by atoms with Crippen molar-refractivity contribution in [3.8, 4) is 40.5 Å². The molecule has 0 atom stereocenters. The van der Waals surface area contributed by atoms with Crippen LogP contribution >= 0.6 is 45.3 Å². The lowest BCUT2D eigenvalue weighted by atomic mass is 10.1. The lowest BCUT2D eigenvalue weighted by Gasteiger charge is -2.07. The number of pyridine rings is 1. The highest BCUT2D eigenvalue weighted by Gasteiger charge is 2.14. The molecule has 0 aliphatic carbocycles. The van der Waals surface area contributed by atoms with Crippen LogP contribution in [0.3, 0.4) is 0 Å². The fourth-order valence-electron chi connectivity index (χ4n) is 3.57. The van der Waals surface area contributed by atoms with E-state index in [0.29, 0.717) is 0 Å². The molecule has 0 spiro atoms. The molecule has 0 saturated heterocycles. The van der Waals surface area contributed by atoms with E-state index in [1.165, 1.54) is 40.2 Å². The van der Waals surface area contributed by atoms with Gasteiger partial charge < -0.3 is 0 Å². The molecule has 1 nitrogen and oxygen atoms in total. The molecule has 0 aliphatic rings. The summed E-state index contributed by atoms with van der Waals surface area (Å²) < 4.78 is 0. The Morgan fingerprint density at radius 3 is 1.87 bits per heavy atom. The van der Waals surface area contributed by atoms with Crippen LogP contribution in [-0.2, 0) is 0 Å². The SMILES string of the molecule is c1csc(-c2ccc(-c3cc(-c4ccc(-c5cccs5)s4)c4ccccc4n3)s2)c1. The molecule has 6 rings (SSSR count). The largest absolute Gasteiger partial charge is 0.247 e. The van der Waals surface area contributed by atoms with Crippen molar-refractivity contribution in [3.05, 3.63) is 89.6 Å². The van der Waals surface area contributed by atoms with Crippen molar-refractivity contribution in [3.63, 3.8) is 0 Å². The predicted octanol–water partition coefficient (Wildman–Crippen LogP) is 9.15. The monoisotopic (exact) mass is 457 g/mol. The van der Waals surface area contributed by atoms with E-state index in [1.807, 2.05) is 22.7 Å². The van der Waals surface area contributed by atoms with Gasteiger partial charge in [-0.1, -0.05) is 30.3 Å². The molecule has 5 heteroatoms. The van der Waals surface area contributed by atoms with Gasteiger partial charge in [0.05, 0.1) is 16.1 Å². The fourth-order valence-corrected chi connectivity index (χ4v) is 7.24. The van der Waals surface area contributed by atoms with E-state index in [2.05, 4.69) is 89.6 Å². The van der Waals surface area contributed by atoms with Crippen molar-refractivity contribution in [1.82, 2.24) is 4.98 Å². The Morgan fingerprint density at radius 2 is 1.17 bits per heavy atom. The standard InChI is InChI=1S/C25H15NS4/c1-2-6-18-16(5-1)17(20-9-11-24(29-20)22-7-3-13-27-22)15-19(26-18)21-10-12-25(30-21)23-8-4-14-28-23/h1-15H. The summed E-state index contributed by atoms with van der Waals surface area (Å²) in [5.41, 5.74) is 3.35. The number of fused-ring (bicyclic) bond motifs is 1. The average Bonchev–Trinajstić information content (AvgIpc) is 3.58. The van der Waals surface area contributed by atoms with Crippen LogP contribution in [0.5, 0.6) is 0 Å². The molecule has 0 fully saturated rings. The third-order valence-corrected chi connectivity index (χ3v) is 9.33. The number of nitrogens with zero attached hydrogens (tertiary/aromatic N) is 1. The molecular formula is C25H15NS4. The first-order valence-corrected chi connectivity index (χ1v) is 12.9. The third-order valence-electron chi connectivity index (χ3n) is 4.97. The lowest BCUT2D eigenvalue weighted by Crippen LogP contribution is -1.86. The summed E-state index contributed by atoms with van der Waals surface area (Å²) in [4.78, 5) is 12.7. The number of aromatic nitrogens is 1. The van der Waals surface area contributed by atoms with E-state index < -0.39 is 0 Å². The van der Waals surface area contributed by atoms with Crippen molar-refractivity contribution in [2.75, 3.05) is 0 Å². The van der Waals surface area contributed by atoms with E-state index in [9.17, 15) is 0 Å². The number of para-hydroxylation sites is 1. The minimum Gasteiger partial charge on any atom is -0.247 e. The summed E-state index contributed by atoms with van der Waals surface area (Å²) in [5.74, 6) is 0. The first-order chi connectivity index (χ1) is 14.8. The van der Waals surface area contributed by atoms with Crippen LogP contribution < -0.4 is 0 Å². The van der Waals surface area contributed by atoms with Crippen LogP contribution in [0, 0.1) is 0 Å². The Morgan fingerprint density at radius 1 is 0.533 bits per heavy atom. The Hall–Kier alpha value is -2.57. The molecule has 1 aromatic carbocycles. The number of rotatable bonds is 4. The Balaban J connectivity index is 1.49. The summed E-state index contributed by atoms with van der Waals surface area (Å²) in [5, 5.41) is 5.47. The molecule has 0 N–H and O–H groups in total. The normalized spacial score (nSPS) is 11.3. The highest BCUT2D eigenvalue weighted by Crippen LogP contribution is 2.42. The molecule has 5 aromatic heterocycles. The smallest absolute Gasteiger partial charge is 0.0816 e. The summed E-state index contributed by atoms with van der Waals surface area (Å²) in [6.45, 7) is 0. The Labute approximate surface area is 190 Å². The summed E-state index contributed by atoms with van der Waals surface area (Å²) >= 11 is 7.24. The molecule has 5 heterocycles. The van der Waals surface area contributed by atoms with Gasteiger partial charge in [0.1, 0.15) is 0 Å². The van der Waals surface area contributed by atoms with E-state index in [1.54, 1.807) is 22.7 Å². The molecular weight excluding hydrogens is 443 g/mol. The number of benzene rings is 1. The zero-order valence-electron chi connectivity index (χ0n) is 15.7. The molecule has 30 heavy (non-hydrogen) atoms. The van der Waals surface area contributed by atoms with Crippen LogP contribution in [0.25, 0.3) is 51.4 Å². The Kier molecular flexibility index (Phi) is 4.61. The quantitative estimate of drug-likeness (QED) is 0.257. The fraction of sp³-hybridized carbons (Fsp3) is 0. The van der Waals surface area contributed by atoms with Gasteiger partial charge in [-0.3, -0.25) is 0 Å². The van der Waals surface area contributed by atoms with Crippen LogP contribution in [0.2, 0.25) is 0 Å². The minimum absolute atomic E-state index is 1.04. The van der Waals surface area contributed by atoms with Gasteiger partial charge >= 0.3 is 0 Å². The maximum absolute atomic E-state index is 5.00. The van der Waals surface area contributed by atoms with Gasteiger partial charge in [-0.2, -0.15) is 0 Å². The number of hydrogen-bond acceptors (Lipinski definition) is 5. The zero-order chi connectivity index (χ0) is 19.9. The summed E-state index contributed by atoms with van der Waals surface area (Å²) in [7, 11) is 0. The summed E-state index contributed by atoms with van der Waals surface area (Å²) in [6, 6.07) is 28.2. The topological polar surface area (TPSA) is 12.9 Å². The first kappa shape index (κ1) is 18.2. The van der Waals surface area contributed by atoms with E-state index in [4.69, 9.17) is 4.98 Å². The maximum Gasteiger partial charge on any atom is 0.0816 e. The van der Waals surface area contributed by atoms with Crippen molar-refractivity contribution >= 4 is 56.3 Å². The maximum atomic E-state index is 5.00. The molecule has 0 radical (unpaired) electrons. The van der Waals surface area contributed by atoms with E-state index in [-0.39, 0.29) is 0 Å². The number of hydrogen-bond donors (Lipinski definition) is 0. The molecule has 6 aromatic rings. The number of thiophene rings is 4. The Bertz CT molecular complexity index is 1440. The van der Waals surface area contributed by atoms with Crippen LogP contribution in [0.4, 0.5) is 0 Å². The zero-order valence-corrected chi connectivity index (χ0v) is 19.0. The molecule has 144 valence electrons. The molecule has 0 saturated carbocycles. The lowest BCUT2D eigenvalue weighted by molar-refractivity contribution is 1.42. The van der Waals surface area contributed by atoms with Crippen molar-refractivity contribution in [2.24, 2.45) is 0 Å². The van der Waals surface area contributed by atoms with Crippen molar-refractivity contribution < 1.29 is 0 Å². The molecule has 0 amide bonds. The van der Waals surface area contributed by atoms with Crippen LogP contribution in [0.1, 0.15) is 0 Å². The molecule has 0 aliphatic heterocycles. The first-order valence-electron chi connectivity index (χ1n) is 9.53.